The molecule has 8 nitrogen and oxygen atoms in total. The summed E-state index contributed by atoms with van der Waals surface area (Å²) in [5, 5.41) is 0. The standard InChI is InChI=1S/C24H31N3O5/c1-14(2)27-23(28)17-8-6-7-9-19(17)26(24(27)29)13-18-15(3)32-22(25-18)16-10-11-20(30-4)21(12-16)31-5/h10-12,14,17,19H,6-9,13H2,1-5H3. The Hall–Kier alpha value is -3.03. The van der Waals surface area contributed by atoms with Gasteiger partial charge in [0, 0.05) is 17.6 Å². The zero-order chi connectivity index (χ0) is 23.0. The Labute approximate surface area is 188 Å². The number of aromatic nitrogens is 1. The van der Waals surface area contributed by atoms with Crippen molar-refractivity contribution in [1.29, 1.82) is 0 Å². The number of amides is 3. The molecular weight excluding hydrogens is 410 g/mol. The van der Waals surface area contributed by atoms with Gasteiger partial charge in [0.05, 0.1) is 26.7 Å². The minimum absolute atomic E-state index is 0.0335. The van der Waals surface area contributed by atoms with Crippen LogP contribution in [0.2, 0.25) is 0 Å². The van der Waals surface area contributed by atoms with Crippen LogP contribution in [0.3, 0.4) is 0 Å². The lowest BCUT2D eigenvalue weighted by Gasteiger charge is -2.47. The van der Waals surface area contributed by atoms with Gasteiger partial charge >= 0.3 is 6.03 Å². The van der Waals surface area contributed by atoms with Gasteiger partial charge in [-0.1, -0.05) is 12.8 Å². The number of rotatable bonds is 6. The Kier molecular flexibility index (Phi) is 6.13. The highest BCUT2D eigenvalue weighted by Gasteiger charge is 2.47. The molecule has 2 fully saturated rings. The number of aryl methyl sites for hydroxylation is 1. The molecule has 0 spiro atoms. The number of oxazole rings is 1. The third kappa shape index (κ3) is 3.82. The molecule has 2 aromatic rings. The molecule has 2 heterocycles. The molecule has 4 rings (SSSR count). The second-order valence-electron chi connectivity index (χ2n) is 8.76. The van der Waals surface area contributed by atoms with Crippen molar-refractivity contribution < 1.29 is 23.5 Å². The van der Waals surface area contributed by atoms with Gasteiger partial charge in [-0.3, -0.25) is 9.69 Å². The molecule has 0 radical (unpaired) electrons. The number of nitrogens with zero attached hydrogens (tertiary/aromatic N) is 3. The topological polar surface area (TPSA) is 85.1 Å². The second kappa shape index (κ2) is 8.84. The van der Waals surface area contributed by atoms with Gasteiger partial charge in [-0.15, -0.1) is 0 Å². The highest BCUT2D eigenvalue weighted by atomic mass is 16.5. The van der Waals surface area contributed by atoms with E-state index in [9.17, 15) is 9.59 Å². The Bertz CT molecular complexity index is 1020. The van der Waals surface area contributed by atoms with Crippen LogP contribution in [0.15, 0.2) is 22.6 Å². The van der Waals surface area contributed by atoms with Crippen molar-refractivity contribution in [2.45, 2.75) is 65.1 Å². The van der Waals surface area contributed by atoms with Crippen LogP contribution in [-0.2, 0) is 11.3 Å². The van der Waals surface area contributed by atoms with E-state index in [1.54, 1.807) is 20.3 Å². The fourth-order valence-electron chi connectivity index (χ4n) is 4.81. The summed E-state index contributed by atoms with van der Waals surface area (Å²) in [6.07, 6.45) is 3.71. The Morgan fingerprint density at radius 3 is 2.53 bits per heavy atom. The normalized spacial score (nSPS) is 21.2. The fraction of sp³-hybridized carbons (Fsp3) is 0.542. The van der Waals surface area contributed by atoms with E-state index in [-0.39, 0.29) is 29.9 Å². The number of benzene rings is 1. The smallest absolute Gasteiger partial charge is 0.327 e. The maximum Gasteiger partial charge on any atom is 0.327 e. The summed E-state index contributed by atoms with van der Waals surface area (Å²) in [6, 6.07) is 4.98. The minimum Gasteiger partial charge on any atom is -0.493 e. The lowest BCUT2D eigenvalue weighted by atomic mass is 9.81. The van der Waals surface area contributed by atoms with Crippen molar-refractivity contribution in [2.75, 3.05) is 14.2 Å². The molecular formula is C24H31N3O5. The van der Waals surface area contributed by atoms with Crippen LogP contribution in [0.1, 0.15) is 51.0 Å². The van der Waals surface area contributed by atoms with E-state index in [4.69, 9.17) is 18.9 Å². The molecule has 2 aliphatic rings. The molecule has 32 heavy (non-hydrogen) atoms. The van der Waals surface area contributed by atoms with Gasteiger partial charge in [0.1, 0.15) is 11.5 Å². The Balaban J connectivity index is 1.64. The average molecular weight is 442 g/mol. The maximum absolute atomic E-state index is 13.3. The number of imide groups is 1. The molecule has 2 atom stereocenters. The van der Waals surface area contributed by atoms with Gasteiger partial charge < -0.3 is 18.8 Å². The molecule has 1 aliphatic carbocycles. The van der Waals surface area contributed by atoms with Crippen LogP contribution >= 0.6 is 0 Å². The number of hydrogen-bond acceptors (Lipinski definition) is 6. The summed E-state index contributed by atoms with van der Waals surface area (Å²) in [6.45, 7) is 5.94. The lowest BCUT2D eigenvalue weighted by molar-refractivity contribution is -0.142. The number of urea groups is 1. The summed E-state index contributed by atoms with van der Waals surface area (Å²) in [5.74, 6) is 2.16. The number of ether oxygens (including phenoxy) is 2. The van der Waals surface area contributed by atoms with Crippen molar-refractivity contribution in [3.8, 4) is 23.0 Å². The summed E-state index contributed by atoms with van der Waals surface area (Å²) in [4.78, 5) is 34.3. The van der Waals surface area contributed by atoms with Gasteiger partial charge in [0.25, 0.3) is 0 Å². The maximum atomic E-state index is 13.3. The monoisotopic (exact) mass is 441 g/mol. The van der Waals surface area contributed by atoms with E-state index in [1.807, 2.05) is 37.8 Å². The highest BCUT2D eigenvalue weighted by molar-refractivity contribution is 5.99. The Morgan fingerprint density at radius 1 is 1.12 bits per heavy atom. The molecule has 0 bridgehead atoms. The molecule has 2 unspecified atom stereocenters. The number of fused-ring (bicyclic) bond motifs is 1. The summed E-state index contributed by atoms with van der Waals surface area (Å²) in [7, 11) is 3.17. The predicted octanol–water partition coefficient (Wildman–Crippen LogP) is 4.40. The van der Waals surface area contributed by atoms with E-state index >= 15 is 0 Å². The highest BCUT2D eigenvalue weighted by Crippen LogP contribution is 2.37. The average Bonchev–Trinajstić information content (AvgIpc) is 3.16. The zero-order valence-electron chi connectivity index (χ0n) is 19.4. The van der Waals surface area contributed by atoms with Crippen LogP contribution in [0, 0.1) is 12.8 Å². The molecule has 1 aliphatic heterocycles. The van der Waals surface area contributed by atoms with E-state index in [1.165, 1.54) is 4.90 Å². The number of hydrogen-bond donors (Lipinski definition) is 0. The predicted molar refractivity (Wildman–Crippen MR) is 118 cm³/mol. The Morgan fingerprint density at radius 2 is 1.84 bits per heavy atom. The summed E-state index contributed by atoms with van der Waals surface area (Å²) < 4.78 is 16.6. The quantitative estimate of drug-likeness (QED) is 0.661. The number of methoxy groups -OCH3 is 2. The third-order valence-corrected chi connectivity index (χ3v) is 6.50. The first-order valence-corrected chi connectivity index (χ1v) is 11.2. The molecule has 8 heteroatoms. The van der Waals surface area contributed by atoms with Gasteiger partial charge in [0.2, 0.25) is 11.8 Å². The summed E-state index contributed by atoms with van der Waals surface area (Å²) in [5.41, 5.74) is 1.46. The van der Waals surface area contributed by atoms with E-state index < -0.39 is 0 Å². The molecule has 1 aromatic heterocycles. The summed E-state index contributed by atoms with van der Waals surface area (Å²) >= 11 is 0. The van der Waals surface area contributed by atoms with Gasteiger partial charge in [0.15, 0.2) is 11.5 Å². The first kappa shape index (κ1) is 22.2. The van der Waals surface area contributed by atoms with Crippen LogP contribution in [0.4, 0.5) is 4.79 Å². The van der Waals surface area contributed by atoms with Gasteiger partial charge in [-0.05, 0) is 51.8 Å². The van der Waals surface area contributed by atoms with E-state index in [0.717, 1.165) is 31.2 Å². The van der Waals surface area contributed by atoms with Crippen molar-refractivity contribution in [2.24, 2.45) is 5.92 Å². The molecule has 1 saturated heterocycles. The van der Waals surface area contributed by atoms with E-state index in [0.29, 0.717) is 35.4 Å². The number of carbonyl (C=O) groups is 2. The molecule has 3 amide bonds. The molecule has 172 valence electrons. The minimum atomic E-state index is -0.233. The third-order valence-electron chi connectivity index (χ3n) is 6.50. The van der Waals surface area contributed by atoms with Crippen LogP contribution in [-0.4, -0.2) is 53.0 Å². The van der Waals surface area contributed by atoms with Crippen molar-refractivity contribution in [1.82, 2.24) is 14.8 Å². The fourth-order valence-corrected chi connectivity index (χ4v) is 4.81. The lowest BCUT2D eigenvalue weighted by Crippen LogP contribution is -2.63. The first-order chi connectivity index (χ1) is 15.3. The largest absolute Gasteiger partial charge is 0.493 e. The van der Waals surface area contributed by atoms with E-state index in [2.05, 4.69) is 0 Å². The molecule has 1 saturated carbocycles. The first-order valence-electron chi connectivity index (χ1n) is 11.2. The van der Waals surface area contributed by atoms with Crippen molar-refractivity contribution >= 4 is 11.9 Å². The van der Waals surface area contributed by atoms with Gasteiger partial charge in [-0.25, -0.2) is 9.78 Å². The van der Waals surface area contributed by atoms with Crippen LogP contribution < -0.4 is 9.47 Å². The molecule has 0 N–H and O–H groups in total. The van der Waals surface area contributed by atoms with Gasteiger partial charge in [-0.2, -0.15) is 0 Å². The van der Waals surface area contributed by atoms with Crippen molar-refractivity contribution in [3.05, 3.63) is 29.7 Å². The molecule has 1 aromatic carbocycles. The van der Waals surface area contributed by atoms with Crippen LogP contribution in [0.5, 0.6) is 11.5 Å². The second-order valence-corrected chi connectivity index (χ2v) is 8.76. The van der Waals surface area contributed by atoms with Crippen molar-refractivity contribution in [3.63, 3.8) is 0 Å². The SMILES string of the molecule is COc1ccc(-c2nc(CN3C(=O)N(C(C)C)C(=O)C4CCCCC43)c(C)o2)cc1OC. The zero-order valence-corrected chi connectivity index (χ0v) is 19.4. The van der Waals surface area contributed by atoms with Crippen LogP contribution in [0.25, 0.3) is 11.5 Å². The number of carbonyl (C=O) groups excluding carboxylic acids is 2.